The molecule has 2 amide bonds. The van der Waals surface area contributed by atoms with Crippen LogP contribution in [-0.2, 0) is 16.1 Å². The zero-order valence-electron chi connectivity index (χ0n) is 15.1. The molecular formula is C20H19NO6. The topological polar surface area (TPSA) is 82.1 Å². The normalized spacial score (nSPS) is 12.7. The van der Waals surface area contributed by atoms with Crippen LogP contribution in [0.3, 0.4) is 0 Å². The minimum atomic E-state index is -0.499. The molecule has 0 fully saturated rings. The Morgan fingerprint density at radius 3 is 2.15 bits per heavy atom. The van der Waals surface area contributed by atoms with Crippen LogP contribution in [-0.4, -0.2) is 43.4 Å². The lowest BCUT2D eigenvalue weighted by Crippen LogP contribution is -2.32. The van der Waals surface area contributed by atoms with Gasteiger partial charge in [0.2, 0.25) is 0 Å². The number of methoxy groups -OCH3 is 2. The van der Waals surface area contributed by atoms with Crippen molar-refractivity contribution in [2.45, 2.75) is 13.0 Å². The average molecular weight is 369 g/mol. The van der Waals surface area contributed by atoms with Gasteiger partial charge in [0.15, 0.2) is 11.5 Å². The van der Waals surface area contributed by atoms with Crippen molar-refractivity contribution in [1.29, 1.82) is 0 Å². The number of benzene rings is 2. The first-order valence-corrected chi connectivity index (χ1v) is 8.37. The van der Waals surface area contributed by atoms with Gasteiger partial charge in [-0.1, -0.05) is 18.2 Å². The number of fused-ring (bicyclic) bond motifs is 1. The summed E-state index contributed by atoms with van der Waals surface area (Å²) >= 11 is 0. The molecule has 0 aromatic heterocycles. The van der Waals surface area contributed by atoms with Crippen molar-refractivity contribution in [2.24, 2.45) is 0 Å². The first kappa shape index (κ1) is 18.4. The van der Waals surface area contributed by atoms with Gasteiger partial charge in [-0.15, -0.1) is 0 Å². The van der Waals surface area contributed by atoms with Gasteiger partial charge in [0.05, 0.1) is 31.8 Å². The predicted molar refractivity (Wildman–Crippen MR) is 95.8 cm³/mol. The van der Waals surface area contributed by atoms with E-state index in [1.165, 1.54) is 14.2 Å². The molecule has 1 aliphatic rings. The zero-order valence-corrected chi connectivity index (χ0v) is 15.1. The summed E-state index contributed by atoms with van der Waals surface area (Å²) in [6, 6.07) is 11.8. The van der Waals surface area contributed by atoms with Crippen molar-refractivity contribution in [2.75, 3.05) is 20.8 Å². The van der Waals surface area contributed by atoms with Crippen LogP contribution in [0, 0.1) is 0 Å². The number of amides is 2. The SMILES string of the molecule is COc1ccc(COC(=O)CCN2C(=O)c3ccccc3C2=O)cc1OC. The minimum Gasteiger partial charge on any atom is -0.493 e. The monoisotopic (exact) mass is 369 g/mol. The summed E-state index contributed by atoms with van der Waals surface area (Å²) < 4.78 is 15.6. The molecule has 1 heterocycles. The Morgan fingerprint density at radius 1 is 0.926 bits per heavy atom. The molecule has 0 atom stereocenters. The van der Waals surface area contributed by atoms with Crippen molar-refractivity contribution in [1.82, 2.24) is 4.90 Å². The Bertz CT molecular complexity index is 857. The molecule has 7 heteroatoms. The summed E-state index contributed by atoms with van der Waals surface area (Å²) in [7, 11) is 3.06. The Morgan fingerprint density at radius 2 is 1.56 bits per heavy atom. The van der Waals surface area contributed by atoms with Crippen molar-refractivity contribution in [3.63, 3.8) is 0 Å². The van der Waals surface area contributed by atoms with Crippen LogP contribution in [0.15, 0.2) is 42.5 Å². The first-order chi connectivity index (χ1) is 13.0. The summed E-state index contributed by atoms with van der Waals surface area (Å²) in [5, 5.41) is 0. The highest BCUT2D eigenvalue weighted by molar-refractivity contribution is 6.21. The van der Waals surface area contributed by atoms with Crippen molar-refractivity contribution in [3.05, 3.63) is 59.2 Å². The number of hydrogen-bond acceptors (Lipinski definition) is 6. The fourth-order valence-corrected chi connectivity index (χ4v) is 2.85. The van der Waals surface area contributed by atoms with Crippen LogP contribution in [0.2, 0.25) is 0 Å². The van der Waals surface area contributed by atoms with Gasteiger partial charge < -0.3 is 14.2 Å². The molecular weight excluding hydrogens is 350 g/mol. The summed E-state index contributed by atoms with van der Waals surface area (Å²) in [5.74, 6) is -0.150. The van der Waals surface area contributed by atoms with E-state index in [4.69, 9.17) is 14.2 Å². The fourth-order valence-electron chi connectivity index (χ4n) is 2.85. The van der Waals surface area contributed by atoms with E-state index in [0.29, 0.717) is 22.6 Å². The molecule has 0 unspecified atom stereocenters. The van der Waals surface area contributed by atoms with Gasteiger partial charge >= 0.3 is 5.97 Å². The van der Waals surface area contributed by atoms with Gasteiger partial charge in [0, 0.05) is 6.54 Å². The Labute approximate surface area is 156 Å². The summed E-state index contributed by atoms with van der Waals surface area (Å²) in [5.41, 5.74) is 1.46. The highest BCUT2D eigenvalue weighted by Gasteiger charge is 2.35. The van der Waals surface area contributed by atoms with E-state index in [1.807, 2.05) is 0 Å². The fraction of sp³-hybridized carbons (Fsp3) is 0.250. The van der Waals surface area contributed by atoms with Gasteiger partial charge in [0.25, 0.3) is 11.8 Å². The van der Waals surface area contributed by atoms with Gasteiger partial charge in [-0.3, -0.25) is 19.3 Å². The number of ether oxygens (including phenoxy) is 3. The van der Waals surface area contributed by atoms with E-state index in [2.05, 4.69) is 0 Å². The highest BCUT2D eigenvalue weighted by atomic mass is 16.5. The zero-order chi connectivity index (χ0) is 19.4. The maximum atomic E-state index is 12.3. The van der Waals surface area contributed by atoms with E-state index in [0.717, 1.165) is 10.5 Å². The molecule has 1 aliphatic heterocycles. The number of hydrogen-bond donors (Lipinski definition) is 0. The number of carbonyl (C=O) groups is 3. The van der Waals surface area contributed by atoms with Crippen LogP contribution >= 0.6 is 0 Å². The maximum absolute atomic E-state index is 12.3. The van der Waals surface area contributed by atoms with Gasteiger partial charge in [-0.25, -0.2) is 0 Å². The minimum absolute atomic E-state index is 0.0168. The van der Waals surface area contributed by atoms with Crippen LogP contribution in [0.4, 0.5) is 0 Å². The van der Waals surface area contributed by atoms with Gasteiger partial charge in [-0.2, -0.15) is 0 Å². The molecule has 7 nitrogen and oxygen atoms in total. The third kappa shape index (κ3) is 3.76. The molecule has 27 heavy (non-hydrogen) atoms. The van der Waals surface area contributed by atoms with Crippen LogP contribution < -0.4 is 9.47 Å². The van der Waals surface area contributed by atoms with E-state index in [1.54, 1.807) is 42.5 Å². The van der Waals surface area contributed by atoms with Crippen LogP contribution in [0.1, 0.15) is 32.7 Å². The second kappa shape index (κ2) is 7.90. The van der Waals surface area contributed by atoms with Crippen LogP contribution in [0.25, 0.3) is 0 Å². The number of nitrogens with zero attached hydrogens (tertiary/aromatic N) is 1. The second-order valence-electron chi connectivity index (χ2n) is 5.91. The second-order valence-corrected chi connectivity index (χ2v) is 5.91. The number of esters is 1. The first-order valence-electron chi connectivity index (χ1n) is 8.37. The number of rotatable bonds is 7. The third-order valence-corrected chi connectivity index (χ3v) is 4.27. The van der Waals surface area contributed by atoms with E-state index in [9.17, 15) is 14.4 Å². The number of imide groups is 1. The van der Waals surface area contributed by atoms with Gasteiger partial charge in [-0.05, 0) is 29.8 Å². The maximum Gasteiger partial charge on any atom is 0.307 e. The summed E-state index contributed by atoms with van der Waals surface area (Å²) in [6.45, 7) is 0.0401. The highest BCUT2D eigenvalue weighted by Crippen LogP contribution is 2.28. The lowest BCUT2D eigenvalue weighted by Gasteiger charge is -2.13. The standard InChI is InChI=1S/C20H19NO6/c1-25-16-8-7-13(11-17(16)26-2)12-27-18(22)9-10-21-19(23)14-5-3-4-6-15(14)20(21)24/h3-8,11H,9-10,12H2,1-2H3. The molecule has 0 aliphatic carbocycles. The molecule has 0 radical (unpaired) electrons. The van der Waals surface area contributed by atoms with Crippen molar-refractivity contribution >= 4 is 17.8 Å². The smallest absolute Gasteiger partial charge is 0.307 e. The molecule has 0 N–H and O–H groups in total. The Kier molecular flexibility index (Phi) is 5.40. The van der Waals surface area contributed by atoms with Crippen molar-refractivity contribution in [3.8, 4) is 11.5 Å². The van der Waals surface area contributed by atoms with E-state index >= 15 is 0 Å². The molecule has 2 aromatic rings. The lowest BCUT2D eigenvalue weighted by atomic mass is 10.1. The van der Waals surface area contributed by atoms with Crippen LogP contribution in [0.5, 0.6) is 11.5 Å². The van der Waals surface area contributed by atoms with E-state index < -0.39 is 5.97 Å². The Hall–Kier alpha value is -3.35. The molecule has 0 spiro atoms. The molecule has 0 saturated carbocycles. The largest absolute Gasteiger partial charge is 0.493 e. The van der Waals surface area contributed by atoms with E-state index in [-0.39, 0.29) is 31.4 Å². The van der Waals surface area contributed by atoms with Gasteiger partial charge in [0.1, 0.15) is 6.61 Å². The number of carbonyl (C=O) groups excluding carboxylic acids is 3. The third-order valence-electron chi connectivity index (χ3n) is 4.27. The molecule has 0 bridgehead atoms. The quantitative estimate of drug-likeness (QED) is 0.551. The van der Waals surface area contributed by atoms with Crippen molar-refractivity contribution < 1.29 is 28.6 Å². The Balaban J connectivity index is 1.54. The summed E-state index contributed by atoms with van der Waals surface area (Å²) in [4.78, 5) is 37.6. The summed E-state index contributed by atoms with van der Waals surface area (Å²) in [6.07, 6.45) is -0.0707. The molecule has 3 rings (SSSR count). The predicted octanol–water partition coefficient (Wildman–Crippen LogP) is 2.43. The molecule has 2 aromatic carbocycles. The lowest BCUT2D eigenvalue weighted by molar-refractivity contribution is -0.145. The average Bonchev–Trinajstić information content (AvgIpc) is 2.95. The molecule has 140 valence electrons. The molecule has 0 saturated heterocycles.